The number of nitrogens with two attached hydrogens (primary N) is 1. The van der Waals surface area contributed by atoms with Gasteiger partial charge in [0.15, 0.2) is 0 Å². The van der Waals surface area contributed by atoms with Gasteiger partial charge in [-0.2, -0.15) is 11.8 Å². The van der Waals surface area contributed by atoms with Gasteiger partial charge in [0.05, 0.1) is 0 Å². The Morgan fingerprint density at radius 3 is 2.54 bits per heavy atom. The summed E-state index contributed by atoms with van der Waals surface area (Å²) in [5, 5.41) is 4.83. The van der Waals surface area contributed by atoms with Gasteiger partial charge in [-0.1, -0.05) is 0 Å². The Labute approximate surface area is 81.8 Å². The molecule has 0 aromatic heterocycles. The monoisotopic (exact) mass is 205 g/mol. The molecule has 0 fully saturated rings. The summed E-state index contributed by atoms with van der Waals surface area (Å²) in [6, 6.07) is -0.961. The fraction of sp³-hybridized carbons (Fsp3) is 0.714. The topological polar surface area (TPSA) is 84.2 Å². The number of hydrogen-bond acceptors (Lipinski definition) is 3. The standard InChI is InChI=1S/C7H15N3O2S/c1-9-7(12)10-5(6(8)11)3-4-13-2/h5H,3-4H2,1-2H3,(H2,8,11)(H2,9,10,12). The van der Waals surface area contributed by atoms with Crippen LogP contribution in [0.3, 0.4) is 0 Å². The average molecular weight is 205 g/mol. The Hall–Kier alpha value is -0.910. The molecule has 6 heteroatoms. The second kappa shape index (κ2) is 6.59. The molecule has 0 aromatic carbocycles. The number of hydrogen-bond donors (Lipinski definition) is 3. The normalized spacial score (nSPS) is 11.8. The molecule has 0 saturated carbocycles. The third-order valence-electron chi connectivity index (χ3n) is 1.49. The summed E-state index contributed by atoms with van der Waals surface area (Å²) in [6.45, 7) is 0. The fourth-order valence-electron chi connectivity index (χ4n) is 0.752. The largest absolute Gasteiger partial charge is 0.368 e. The van der Waals surface area contributed by atoms with Gasteiger partial charge in [-0.25, -0.2) is 4.79 Å². The van der Waals surface area contributed by atoms with Crippen LogP contribution < -0.4 is 16.4 Å². The summed E-state index contributed by atoms with van der Waals surface area (Å²) < 4.78 is 0. The van der Waals surface area contributed by atoms with E-state index in [0.29, 0.717) is 6.42 Å². The van der Waals surface area contributed by atoms with E-state index in [1.807, 2.05) is 6.26 Å². The van der Waals surface area contributed by atoms with Gasteiger partial charge in [0.25, 0.3) is 0 Å². The van der Waals surface area contributed by atoms with E-state index < -0.39 is 11.9 Å². The molecule has 0 rings (SSSR count). The van der Waals surface area contributed by atoms with Gasteiger partial charge in [0, 0.05) is 7.05 Å². The van der Waals surface area contributed by atoms with Crippen LogP contribution in [0, 0.1) is 0 Å². The number of carbonyl (C=O) groups excluding carboxylic acids is 2. The number of urea groups is 1. The predicted octanol–water partition coefficient (Wildman–Crippen LogP) is -0.478. The lowest BCUT2D eigenvalue weighted by atomic mass is 10.2. The Morgan fingerprint density at radius 2 is 2.15 bits per heavy atom. The highest BCUT2D eigenvalue weighted by Gasteiger charge is 2.16. The van der Waals surface area contributed by atoms with Crippen molar-refractivity contribution in [2.45, 2.75) is 12.5 Å². The molecule has 76 valence electrons. The molecule has 0 aliphatic carbocycles. The van der Waals surface area contributed by atoms with Gasteiger partial charge in [-0.15, -0.1) is 0 Å². The van der Waals surface area contributed by atoms with Gasteiger partial charge in [-0.3, -0.25) is 4.79 Å². The molecule has 1 atom stereocenters. The van der Waals surface area contributed by atoms with E-state index in [0.717, 1.165) is 5.75 Å². The summed E-state index contributed by atoms with van der Waals surface area (Å²) >= 11 is 1.60. The lowest BCUT2D eigenvalue weighted by Crippen LogP contribution is -2.47. The van der Waals surface area contributed by atoms with Gasteiger partial charge in [0.1, 0.15) is 6.04 Å². The first-order valence-corrected chi connectivity index (χ1v) is 5.27. The minimum Gasteiger partial charge on any atom is -0.368 e. The fourth-order valence-corrected chi connectivity index (χ4v) is 1.22. The van der Waals surface area contributed by atoms with E-state index in [4.69, 9.17) is 5.73 Å². The van der Waals surface area contributed by atoms with Crippen molar-refractivity contribution in [2.75, 3.05) is 19.1 Å². The van der Waals surface area contributed by atoms with Crippen molar-refractivity contribution in [3.63, 3.8) is 0 Å². The minimum atomic E-state index is -0.576. The van der Waals surface area contributed by atoms with E-state index in [-0.39, 0.29) is 6.03 Å². The maximum atomic E-state index is 10.9. The van der Waals surface area contributed by atoms with E-state index in [1.165, 1.54) is 7.05 Å². The van der Waals surface area contributed by atoms with Gasteiger partial charge in [-0.05, 0) is 18.4 Å². The van der Waals surface area contributed by atoms with Gasteiger partial charge in [0.2, 0.25) is 5.91 Å². The molecule has 0 saturated heterocycles. The lowest BCUT2D eigenvalue weighted by Gasteiger charge is -2.13. The van der Waals surface area contributed by atoms with Crippen molar-refractivity contribution >= 4 is 23.7 Å². The number of amides is 3. The van der Waals surface area contributed by atoms with Crippen molar-refractivity contribution in [1.29, 1.82) is 0 Å². The lowest BCUT2D eigenvalue weighted by molar-refractivity contribution is -0.119. The summed E-state index contributed by atoms with van der Waals surface area (Å²) in [5.41, 5.74) is 5.09. The second-order valence-corrected chi connectivity index (χ2v) is 3.45. The van der Waals surface area contributed by atoms with Crippen LogP contribution in [0.5, 0.6) is 0 Å². The molecule has 0 radical (unpaired) electrons. The molecule has 0 bridgehead atoms. The molecule has 3 amide bonds. The Balaban J connectivity index is 3.94. The van der Waals surface area contributed by atoms with Crippen molar-refractivity contribution in [2.24, 2.45) is 5.73 Å². The van der Waals surface area contributed by atoms with E-state index in [1.54, 1.807) is 11.8 Å². The molecule has 1 unspecified atom stereocenters. The first kappa shape index (κ1) is 12.1. The average Bonchev–Trinajstić information content (AvgIpc) is 2.11. The number of primary amides is 1. The number of rotatable bonds is 5. The molecule has 5 nitrogen and oxygen atoms in total. The molecule has 0 aliphatic heterocycles. The van der Waals surface area contributed by atoms with Gasteiger partial charge >= 0.3 is 6.03 Å². The van der Waals surface area contributed by atoms with Crippen LogP contribution >= 0.6 is 11.8 Å². The summed E-state index contributed by atoms with van der Waals surface area (Å²) in [4.78, 5) is 21.7. The molecule has 4 N–H and O–H groups in total. The van der Waals surface area contributed by atoms with Crippen LogP contribution in [0.25, 0.3) is 0 Å². The smallest absolute Gasteiger partial charge is 0.315 e. The Bertz CT molecular complexity index is 187. The van der Waals surface area contributed by atoms with E-state index >= 15 is 0 Å². The van der Waals surface area contributed by atoms with Crippen LogP contribution in [0.15, 0.2) is 0 Å². The molecule has 0 heterocycles. The molecule has 0 aliphatic rings. The van der Waals surface area contributed by atoms with Crippen molar-refractivity contribution in [3.8, 4) is 0 Å². The third-order valence-corrected chi connectivity index (χ3v) is 2.13. The number of carbonyl (C=O) groups is 2. The van der Waals surface area contributed by atoms with Crippen molar-refractivity contribution in [1.82, 2.24) is 10.6 Å². The highest BCUT2D eigenvalue weighted by Crippen LogP contribution is 1.99. The van der Waals surface area contributed by atoms with Crippen LogP contribution in [-0.4, -0.2) is 37.0 Å². The van der Waals surface area contributed by atoms with Gasteiger partial charge < -0.3 is 16.4 Å². The summed E-state index contributed by atoms with van der Waals surface area (Å²) in [5.74, 6) is 0.287. The van der Waals surface area contributed by atoms with Crippen molar-refractivity contribution in [3.05, 3.63) is 0 Å². The highest BCUT2D eigenvalue weighted by atomic mass is 32.2. The Morgan fingerprint density at radius 1 is 1.54 bits per heavy atom. The van der Waals surface area contributed by atoms with Crippen LogP contribution in [0.1, 0.15) is 6.42 Å². The highest BCUT2D eigenvalue weighted by molar-refractivity contribution is 7.98. The SMILES string of the molecule is CNC(=O)NC(CCSC)C(N)=O. The van der Waals surface area contributed by atoms with Crippen LogP contribution in [-0.2, 0) is 4.79 Å². The summed E-state index contributed by atoms with van der Waals surface area (Å²) in [6.07, 6.45) is 2.49. The molecular formula is C7H15N3O2S. The van der Waals surface area contributed by atoms with E-state index in [9.17, 15) is 9.59 Å². The van der Waals surface area contributed by atoms with Crippen molar-refractivity contribution < 1.29 is 9.59 Å². The maximum Gasteiger partial charge on any atom is 0.315 e. The van der Waals surface area contributed by atoms with E-state index in [2.05, 4.69) is 10.6 Å². The first-order chi connectivity index (χ1) is 6.11. The zero-order valence-electron chi connectivity index (χ0n) is 7.79. The second-order valence-electron chi connectivity index (χ2n) is 2.46. The Kier molecular flexibility index (Phi) is 6.13. The first-order valence-electron chi connectivity index (χ1n) is 3.88. The molecular weight excluding hydrogens is 190 g/mol. The quantitative estimate of drug-likeness (QED) is 0.567. The number of thioether (sulfide) groups is 1. The zero-order valence-corrected chi connectivity index (χ0v) is 8.61. The number of nitrogens with one attached hydrogen (secondary N) is 2. The molecule has 13 heavy (non-hydrogen) atoms. The zero-order chi connectivity index (χ0) is 10.3. The molecule has 0 aromatic rings. The molecule has 0 spiro atoms. The summed E-state index contributed by atoms with van der Waals surface area (Å²) in [7, 11) is 1.49. The van der Waals surface area contributed by atoms with Crippen LogP contribution in [0.4, 0.5) is 4.79 Å². The third kappa shape index (κ3) is 5.35. The van der Waals surface area contributed by atoms with Crippen LogP contribution in [0.2, 0.25) is 0 Å². The maximum absolute atomic E-state index is 10.9. The predicted molar refractivity (Wildman–Crippen MR) is 53.6 cm³/mol. The minimum absolute atomic E-state index is 0.384.